The number of hydrogen-bond acceptors (Lipinski definition) is 2. The van der Waals surface area contributed by atoms with Crippen molar-refractivity contribution < 1.29 is 19.8 Å². The first-order valence-corrected chi connectivity index (χ1v) is 9.96. The van der Waals surface area contributed by atoms with Crippen LogP contribution in [0.5, 0.6) is 0 Å². The molecule has 0 amide bonds. The van der Waals surface area contributed by atoms with Crippen LogP contribution in [0.1, 0.15) is 111 Å². The van der Waals surface area contributed by atoms with Gasteiger partial charge in [0, 0.05) is 0 Å². The van der Waals surface area contributed by atoms with Gasteiger partial charge in [0.05, 0.1) is 0 Å². The molecule has 0 atom stereocenters. The molecule has 2 N–H and O–H groups in total. The fraction of sp³-hybridized carbons (Fsp3) is 0.900. The van der Waals surface area contributed by atoms with Gasteiger partial charge >= 0.3 is 63.3 Å². The van der Waals surface area contributed by atoms with Gasteiger partial charge in [-0.2, -0.15) is 0 Å². The summed E-state index contributed by atoms with van der Waals surface area (Å²) in [7, 11) is 0. The monoisotopic (exact) mass is 384 g/mol. The van der Waals surface area contributed by atoms with Gasteiger partial charge in [-0.05, 0) is 6.42 Å². The Hall–Kier alpha value is 0.576. The van der Waals surface area contributed by atoms with Crippen molar-refractivity contribution in [3.05, 3.63) is 0 Å². The summed E-state index contributed by atoms with van der Waals surface area (Å²) < 4.78 is 0. The average molecular weight is 385 g/mol. The summed E-state index contributed by atoms with van der Waals surface area (Å²) >= 11 is 0. The molecule has 0 heterocycles. The van der Waals surface area contributed by atoms with Crippen LogP contribution in [0.4, 0.5) is 0 Å². The SMILES string of the molecule is CCCCCC(C(=O)O)C(=O)O.CCCCCCCCCCCC.[KH]. The van der Waals surface area contributed by atoms with Crippen LogP contribution in [0.25, 0.3) is 0 Å². The fourth-order valence-electron chi connectivity index (χ4n) is 2.51. The Morgan fingerprint density at radius 2 is 0.880 bits per heavy atom. The van der Waals surface area contributed by atoms with Crippen LogP contribution in [0.2, 0.25) is 0 Å². The van der Waals surface area contributed by atoms with E-state index in [1.165, 1.54) is 64.2 Å². The van der Waals surface area contributed by atoms with Crippen molar-refractivity contribution in [2.75, 3.05) is 0 Å². The minimum absolute atomic E-state index is 0. The van der Waals surface area contributed by atoms with Crippen LogP contribution in [0, 0.1) is 5.92 Å². The third-order valence-corrected chi connectivity index (χ3v) is 4.15. The summed E-state index contributed by atoms with van der Waals surface area (Å²) in [5.41, 5.74) is 0. The van der Waals surface area contributed by atoms with E-state index in [2.05, 4.69) is 13.8 Å². The molecule has 0 aliphatic heterocycles. The Morgan fingerprint density at radius 3 is 1.16 bits per heavy atom. The Balaban J connectivity index is -0.000000372. The molecule has 0 saturated carbocycles. The Labute approximate surface area is 198 Å². The molecule has 25 heavy (non-hydrogen) atoms. The molecular weight excluding hydrogens is 343 g/mol. The van der Waals surface area contributed by atoms with Gasteiger partial charge in [-0.15, -0.1) is 0 Å². The standard InChI is InChI=1S/C12H26.C8H14O4.K.H/c1-3-5-7-9-11-12-10-8-6-4-2;1-2-3-4-5-6(7(9)10)8(11)12;;/h3-12H2,1-2H3;6H,2-5H2,1H3,(H,9,10)(H,11,12);;. The number of carboxylic acids is 2. The Bertz CT molecular complexity index is 271. The van der Waals surface area contributed by atoms with E-state index >= 15 is 0 Å². The Morgan fingerprint density at radius 1 is 0.600 bits per heavy atom. The maximum absolute atomic E-state index is 10.4. The number of hydrogen-bond donors (Lipinski definition) is 2. The van der Waals surface area contributed by atoms with Gasteiger partial charge in [-0.3, -0.25) is 9.59 Å². The molecule has 0 saturated heterocycles. The van der Waals surface area contributed by atoms with Crippen LogP contribution in [0.15, 0.2) is 0 Å². The number of aliphatic carboxylic acids is 2. The van der Waals surface area contributed by atoms with Gasteiger partial charge in [0.2, 0.25) is 0 Å². The first-order valence-electron chi connectivity index (χ1n) is 9.96. The van der Waals surface area contributed by atoms with Crippen molar-refractivity contribution in [2.45, 2.75) is 111 Å². The Kier molecular flexibility index (Phi) is 29.8. The molecule has 0 fully saturated rings. The summed E-state index contributed by atoms with van der Waals surface area (Å²) in [6, 6.07) is 0. The summed E-state index contributed by atoms with van der Waals surface area (Å²) in [5.74, 6) is -3.70. The van der Waals surface area contributed by atoms with E-state index in [4.69, 9.17) is 10.2 Å². The van der Waals surface area contributed by atoms with Gasteiger partial charge in [-0.1, -0.05) is 104 Å². The third-order valence-electron chi connectivity index (χ3n) is 4.15. The van der Waals surface area contributed by atoms with E-state index < -0.39 is 17.9 Å². The van der Waals surface area contributed by atoms with Crippen LogP contribution in [0.3, 0.4) is 0 Å². The summed E-state index contributed by atoms with van der Waals surface area (Å²) in [4.78, 5) is 20.7. The predicted octanol–water partition coefficient (Wildman–Crippen LogP) is 5.63. The fourth-order valence-corrected chi connectivity index (χ4v) is 2.51. The molecular formula is C20H41KO4. The summed E-state index contributed by atoms with van der Waals surface area (Å²) in [6.45, 7) is 6.54. The maximum atomic E-state index is 10.4. The van der Waals surface area contributed by atoms with Crippen molar-refractivity contribution in [1.82, 2.24) is 0 Å². The molecule has 0 aliphatic rings. The van der Waals surface area contributed by atoms with Gasteiger partial charge in [0.15, 0.2) is 5.92 Å². The molecule has 4 nitrogen and oxygen atoms in total. The van der Waals surface area contributed by atoms with E-state index in [1.54, 1.807) is 0 Å². The zero-order valence-electron chi connectivity index (χ0n) is 16.2. The second-order valence-electron chi connectivity index (χ2n) is 6.55. The summed E-state index contributed by atoms with van der Waals surface area (Å²) in [6.07, 6.45) is 17.2. The zero-order chi connectivity index (χ0) is 18.6. The van der Waals surface area contributed by atoms with Crippen molar-refractivity contribution in [1.29, 1.82) is 0 Å². The van der Waals surface area contributed by atoms with Crippen LogP contribution < -0.4 is 0 Å². The van der Waals surface area contributed by atoms with Crippen molar-refractivity contribution in [2.24, 2.45) is 5.92 Å². The van der Waals surface area contributed by atoms with Crippen molar-refractivity contribution in [3.63, 3.8) is 0 Å². The molecule has 0 aromatic rings. The average Bonchev–Trinajstić information content (AvgIpc) is 2.54. The zero-order valence-corrected chi connectivity index (χ0v) is 16.2. The van der Waals surface area contributed by atoms with Crippen molar-refractivity contribution >= 4 is 63.3 Å². The molecule has 146 valence electrons. The molecule has 0 aliphatic carbocycles. The van der Waals surface area contributed by atoms with Crippen molar-refractivity contribution in [3.8, 4) is 0 Å². The number of unbranched alkanes of at least 4 members (excludes halogenated alkanes) is 11. The number of rotatable bonds is 15. The van der Waals surface area contributed by atoms with Gasteiger partial charge in [-0.25, -0.2) is 0 Å². The van der Waals surface area contributed by atoms with E-state index in [1.807, 2.05) is 6.92 Å². The van der Waals surface area contributed by atoms with E-state index in [0.717, 1.165) is 12.8 Å². The third kappa shape index (κ3) is 24.6. The van der Waals surface area contributed by atoms with E-state index in [9.17, 15) is 9.59 Å². The van der Waals surface area contributed by atoms with Gasteiger partial charge < -0.3 is 10.2 Å². The number of carboxylic acid groups (broad SMARTS) is 2. The molecule has 0 unspecified atom stereocenters. The molecule has 5 heteroatoms. The van der Waals surface area contributed by atoms with Gasteiger partial charge in [0.1, 0.15) is 0 Å². The number of carbonyl (C=O) groups is 2. The van der Waals surface area contributed by atoms with E-state index in [-0.39, 0.29) is 57.8 Å². The van der Waals surface area contributed by atoms with Crippen LogP contribution in [-0.4, -0.2) is 73.5 Å². The molecule has 0 radical (unpaired) electrons. The first kappa shape index (κ1) is 30.3. The van der Waals surface area contributed by atoms with Crippen LogP contribution in [-0.2, 0) is 9.59 Å². The minimum atomic E-state index is -1.24. The van der Waals surface area contributed by atoms with E-state index in [0.29, 0.717) is 6.42 Å². The predicted molar refractivity (Wildman–Crippen MR) is 108 cm³/mol. The molecule has 0 bridgehead atoms. The second kappa shape index (κ2) is 24.6. The molecule has 0 spiro atoms. The normalized spacial score (nSPS) is 9.92. The second-order valence-corrected chi connectivity index (χ2v) is 6.55. The topological polar surface area (TPSA) is 74.6 Å². The molecule has 0 aromatic heterocycles. The quantitative estimate of drug-likeness (QED) is 0.218. The van der Waals surface area contributed by atoms with Gasteiger partial charge in [0.25, 0.3) is 0 Å². The molecule has 0 rings (SSSR count). The first-order chi connectivity index (χ1) is 11.5. The summed E-state index contributed by atoms with van der Waals surface area (Å²) in [5, 5.41) is 16.9. The molecule has 0 aromatic carbocycles. The van der Waals surface area contributed by atoms with Crippen LogP contribution >= 0.6 is 0 Å².